The third kappa shape index (κ3) is 1.76. The second-order valence-corrected chi connectivity index (χ2v) is 6.04. The van der Waals surface area contributed by atoms with Crippen molar-refractivity contribution in [1.82, 2.24) is 0 Å². The summed E-state index contributed by atoms with van der Waals surface area (Å²) in [5.74, 6) is 1.96. The van der Waals surface area contributed by atoms with Gasteiger partial charge < -0.3 is 5.73 Å². The Morgan fingerprint density at radius 2 is 1.94 bits per heavy atom. The number of hydrogen-bond acceptors (Lipinski definition) is 1. The molecule has 2 fully saturated rings. The molecule has 1 aromatic rings. The molecule has 0 heterocycles. The minimum Gasteiger partial charge on any atom is -0.330 e. The van der Waals surface area contributed by atoms with Crippen LogP contribution in [0.3, 0.4) is 0 Å². The Balaban J connectivity index is 1.80. The second kappa shape index (κ2) is 3.75. The van der Waals surface area contributed by atoms with Gasteiger partial charge in [0.2, 0.25) is 0 Å². The first-order chi connectivity index (χ1) is 7.72. The highest BCUT2D eigenvalue weighted by atomic mass is 35.5. The first kappa shape index (κ1) is 10.6. The van der Waals surface area contributed by atoms with Crippen LogP contribution in [0.25, 0.3) is 0 Å². The summed E-state index contributed by atoms with van der Waals surface area (Å²) in [5, 5.41) is 0.899. The highest BCUT2D eigenvalue weighted by Gasteiger charge is 2.52. The van der Waals surface area contributed by atoms with Gasteiger partial charge in [0.05, 0.1) is 0 Å². The maximum atomic E-state index is 6.23. The molecular formula is C14H18ClN. The third-order valence-corrected chi connectivity index (χ3v) is 4.78. The number of nitrogens with two attached hydrogens (primary N) is 1. The predicted octanol–water partition coefficient (Wildman–Crippen LogP) is 3.26. The minimum atomic E-state index is 0.346. The fourth-order valence-corrected chi connectivity index (χ4v) is 3.64. The lowest BCUT2D eigenvalue weighted by Gasteiger charge is -2.29. The summed E-state index contributed by atoms with van der Waals surface area (Å²) >= 11 is 6.23. The van der Waals surface area contributed by atoms with E-state index >= 15 is 0 Å². The first-order valence-corrected chi connectivity index (χ1v) is 6.54. The Kier molecular flexibility index (Phi) is 2.49. The molecule has 2 saturated carbocycles. The Bertz CT molecular complexity index is 391. The number of fused-ring (bicyclic) bond motifs is 1. The van der Waals surface area contributed by atoms with E-state index in [-0.39, 0.29) is 0 Å². The van der Waals surface area contributed by atoms with E-state index in [1.54, 1.807) is 0 Å². The standard InChI is InChI=1S/C14H18ClN/c15-13-4-2-1-3-10(13)6-14(9-16)7-11-5-12(11)8-14/h1-4,11-12H,5-9,16H2. The van der Waals surface area contributed by atoms with Gasteiger partial charge in [-0.3, -0.25) is 0 Å². The van der Waals surface area contributed by atoms with E-state index in [0.29, 0.717) is 5.41 Å². The molecule has 0 amide bonds. The molecule has 0 bridgehead atoms. The molecule has 86 valence electrons. The monoisotopic (exact) mass is 235 g/mol. The van der Waals surface area contributed by atoms with E-state index in [1.165, 1.54) is 24.8 Å². The van der Waals surface area contributed by atoms with E-state index in [0.717, 1.165) is 29.8 Å². The first-order valence-electron chi connectivity index (χ1n) is 6.16. The molecule has 1 aromatic carbocycles. The number of halogens is 1. The van der Waals surface area contributed by atoms with Gasteiger partial charge >= 0.3 is 0 Å². The average molecular weight is 236 g/mol. The van der Waals surface area contributed by atoms with Crippen LogP contribution in [0.5, 0.6) is 0 Å². The van der Waals surface area contributed by atoms with Gasteiger partial charge in [0.25, 0.3) is 0 Å². The molecule has 0 aromatic heterocycles. The quantitative estimate of drug-likeness (QED) is 0.855. The van der Waals surface area contributed by atoms with Crippen LogP contribution >= 0.6 is 11.6 Å². The SMILES string of the molecule is NCC1(Cc2ccccc2Cl)CC2CC2C1. The van der Waals surface area contributed by atoms with Gasteiger partial charge in [-0.2, -0.15) is 0 Å². The summed E-state index contributed by atoms with van der Waals surface area (Å²) in [4.78, 5) is 0. The largest absolute Gasteiger partial charge is 0.330 e. The summed E-state index contributed by atoms with van der Waals surface area (Å²) in [6.45, 7) is 0.811. The van der Waals surface area contributed by atoms with Crippen molar-refractivity contribution in [3.05, 3.63) is 34.9 Å². The van der Waals surface area contributed by atoms with Gasteiger partial charge in [-0.15, -0.1) is 0 Å². The van der Waals surface area contributed by atoms with Crippen LogP contribution in [0.4, 0.5) is 0 Å². The van der Waals surface area contributed by atoms with Crippen molar-refractivity contribution in [2.45, 2.75) is 25.7 Å². The maximum absolute atomic E-state index is 6.23. The summed E-state index contributed by atoms with van der Waals surface area (Å²) in [6, 6.07) is 8.19. The zero-order valence-electron chi connectivity index (χ0n) is 9.45. The van der Waals surface area contributed by atoms with Crippen molar-refractivity contribution in [3.8, 4) is 0 Å². The lowest BCUT2D eigenvalue weighted by Crippen LogP contribution is -2.31. The predicted molar refractivity (Wildman–Crippen MR) is 67.5 cm³/mol. The molecule has 1 nitrogen and oxygen atoms in total. The van der Waals surface area contributed by atoms with Crippen LogP contribution < -0.4 is 5.73 Å². The Hall–Kier alpha value is -0.530. The Morgan fingerprint density at radius 3 is 2.56 bits per heavy atom. The van der Waals surface area contributed by atoms with Crippen molar-refractivity contribution >= 4 is 11.6 Å². The molecule has 2 heteroatoms. The summed E-state index contributed by atoms with van der Waals surface area (Å²) < 4.78 is 0. The van der Waals surface area contributed by atoms with E-state index in [9.17, 15) is 0 Å². The molecule has 2 aliphatic rings. The van der Waals surface area contributed by atoms with Crippen molar-refractivity contribution < 1.29 is 0 Å². The highest BCUT2D eigenvalue weighted by Crippen LogP contribution is 2.60. The van der Waals surface area contributed by atoms with Crippen molar-refractivity contribution in [2.75, 3.05) is 6.54 Å². The molecule has 2 aliphatic carbocycles. The molecule has 0 saturated heterocycles. The molecule has 0 spiro atoms. The maximum Gasteiger partial charge on any atom is 0.0438 e. The topological polar surface area (TPSA) is 26.0 Å². The zero-order valence-corrected chi connectivity index (χ0v) is 10.2. The van der Waals surface area contributed by atoms with E-state index in [4.69, 9.17) is 17.3 Å². The van der Waals surface area contributed by atoms with E-state index in [2.05, 4.69) is 12.1 Å². The van der Waals surface area contributed by atoms with Gasteiger partial charge in [0, 0.05) is 5.02 Å². The minimum absolute atomic E-state index is 0.346. The van der Waals surface area contributed by atoms with Crippen LogP contribution in [-0.4, -0.2) is 6.54 Å². The Morgan fingerprint density at radius 1 is 1.25 bits per heavy atom. The lowest BCUT2D eigenvalue weighted by molar-refractivity contribution is 0.273. The van der Waals surface area contributed by atoms with Gasteiger partial charge in [0.1, 0.15) is 0 Å². The molecule has 0 radical (unpaired) electrons. The van der Waals surface area contributed by atoms with Gasteiger partial charge in [-0.05, 0) is 61.1 Å². The highest BCUT2D eigenvalue weighted by molar-refractivity contribution is 6.31. The third-order valence-electron chi connectivity index (χ3n) is 4.42. The van der Waals surface area contributed by atoms with E-state index < -0.39 is 0 Å². The fraction of sp³-hybridized carbons (Fsp3) is 0.571. The van der Waals surface area contributed by atoms with Crippen LogP contribution in [-0.2, 0) is 6.42 Å². The second-order valence-electron chi connectivity index (χ2n) is 5.64. The van der Waals surface area contributed by atoms with Crippen LogP contribution in [0.15, 0.2) is 24.3 Å². The van der Waals surface area contributed by atoms with E-state index in [1.807, 2.05) is 12.1 Å². The molecule has 2 N–H and O–H groups in total. The molecular weight excluding hydrogens is 218 g/mol. The summed E-state index contributed by atoms with van der Waals surface area (Å²) in [7, 11) is 0. The summed E-state index contributed by atoms with van der Waals surface area (Å²) in [5.41, 5.74) is 7.63. The molecule has 2 unspecified atom stereocenters. The van der Waals surface area contributed by atoms with Crippen molar-refractivity contribution in [3.63, 3.8) is 0 Å². The normalized spacial score (nSPS) is 36.1. The van der Waals surface area contributed by atoms with Crippen LogP contribution in [0.2, 0.25) is 5.02 Å². The zero-order chi connectivity index (χ0) is 11.2. The summed E-state index contributed by atoms with van der Waals surface area (Å²) in [6.07, 6.45) is 5.15. The van der Waals surface area contributed by atoms with Crippen molar-refractivity contribution in [1.29, 1.82) is 0 Å². The molecule has 3 rings (SSSR count). The number of rotatable bonds is 3. The molecule has 2 atom stereocenters. The smallest absolute Gasteiger partial charge is 0.0438 e. The van der Waals surface area contributed by atoms with Crippen molar-refractivity contribution in [2.24, 2.45) is 23.0 Å². The molecule has 0 aliphatic heterocycles. The Labute approximate surface area is 102 Å². The number of benzene rings is 1. The average Bonchev–Trinajstić information content (AvgIpc) is 2.91. The lowest BCUT2D eigenvalue weighted by atomic mass is 9.77. The van der Waals surface area contributed by atoms with Gasteiger partial charge in [-0.25, -0.2) is 0 Å². The number of hydrogen-bond donors (Lipinski definition) is 1. The molecule has 16 heavy (non-hydrogen) atoms. The fourth-order valence-electron chi connectivity index (χ4n) is 3.43. The van der Waals surface area contributed by atoms with Crippen LogP contribution in [0, 0.1) is 17.3 Å². The van der Waals surface area contributed by atoms with Crippen LogP contribution in [0.1, 0.15) is 24.8 Å². The van der Waals surface area contributed by atoms with Gasteiger partial charge in [-0.1, -0.05) is 29.8 Å². The van der Waals surface area contributed by atoms with Gasteiger partial charge in [0.15, 0.2) is 0 Å².